The maximum Gasteiger partial charge on any atom is 0.228 e. The minimum absolute atomic E-state index is 0. The quantitative estimate of drug-likeness (QED) is 0.885. The first-order valence-electron chi connectivity index (χ1n) is 7.72. The smallest absolute Gasteiger partial charge is 0.228 e. The molecule has 1 fully saturated rings. The molecule has 2 aromatic rings. The van der Waals surface area contributed by atoms with Crippen LogP contribution in [0.15, 0.2) is 30.3 Å². The Morgan fingerprint density at radius 2 is 2.09 bits per heavy atom. The Morgan fingerprint density at radius 1 is 1.39 bits per heavy atom. The van der Waals surface area contributed by atoms with Crippen LogP contribution in [-0.2, 0) is 9.53 Å². The third kappa shape index (κ3) is 3.69. The summed E-state index contributed by atoms with van der Waals surface area (Å²) in [5, 5.41) is 4.38. The highest BCUT2D eigenvalue weighted by molar-refractivity contribution is 7.19. The number of amides is 1. The van der Waals surface area contributed by atoms with Gasteiger partial charge in [0, 0.05) is 29.3 Å². The first-order valence-corrected chi connectivity index (χ1v) is 8.53. The van der Waals surface area contributed by atoms with Gasteiger partial charge in [-0.15, -0.1) is 23.7 Å². The van der Waals surface area contributed by atoms with E-state index in [9.17, 15) is 4.79 Å². The molecule has 1 aliphatic rings. The molecule has 1 aliphatic heterocycles. The lowest BCUT2D eigenvalue weighted by Gasteiger charge is -2.35. The zero-order chi connectivity index (χ0) is 15.6. The van der Waals surface area contributed by atoms with Crippen molar-refractivity contribution in [1.82, 2.24) is 5.32 Å². The predicted octanol–water partition coefficient (Wildman–Crippen LogP) is 3.26. The molecule has 3 rings (SSSR count). The molecule has 1 saturated heterocycles. The molecule has 1 amide bonds. The molecule has 0 aliphatic carbocycles. The largest absolute Gasteiger partial charge is 0.381 e. The van der Waals surface area contributed by atoms with Gasteiger partial charge in [0.05, 0.1) is 11.5 Å². The van der Waals surface area contributed by atoms with Crippen LogP contribution in [0.3, 0.4) is 0 Å². The topological polar surface area (TPSA) is 64.4 Å². The summed E-state index contributed by atoms with van der Waals surface area (Å²) in [7, 11) is 0. The van der Waals surface area contributed by atoms with E-state index >= 15 is 0 Å². The van der Waals surface area contributed by atoms with Crippen molar-refractivity contribution < 1.29 is 9.53 Å². The van der Waals surface area contributed by atoms with Crippen molar-refractivity contribution >= 4 is 39.7 Å². The number of nitrogens with two attached hydrogens (primary N) is 1. The fourth-order valence-corrected chi connectivity index (χ4v) is 3.99. The molecule has 0 spiro atoms. The molecule has 4 nitrogen and oxygen atoms in total. The fourth-order valence-electron chi connectivity index (χ4n) is 2.92. The molecule has 0 radical (unpaired) electrons. The SMILES string of the molecule is CC(NC(=O)C1(CN)CCOCC1)c1cc2ccccc2s1.Cl. The number of fused-ring (bicyclic) bond motifs is 1. The molecule has 1 aromatic carbocycles. The van der Waals surface area contributed by atoms with Crippen molar-refractivity contribution in [2.45, 2.75) is 25.8 Å². The monoisotopic (exact) mass is 354 g/mol. The normalized spacial score (nSPS) is 18.2. The molecular formula is C17H23ClN2O2S. The van der Waals surface area contributed by atoms with Crippen LogP contribution in [0.2, 0.25) is 0 Å². The third-order valence-electron chi connectivity index (χ3n) is 4.54. The number of carbonyl (C=O) groups is 1. The van der Waals surface area contributed by atoms with E-state index in [-0.39, 0.29) is 24.4 Å². The molecule has 1 aromatic heterocycles. The van der Waals surface area contributed by atoms with Gasteiger partial charge in [-0.05, 0) is 37.3 Å². The number of halogens is 1. The van der Waals surface area contributed by atoms with Gasteiger partial charge in [-0.1, -0.05) is 18.2 Å². The number of rotatable bonds is 4. The third-order valence-corrected chi connectivity index (χ3v) is 5.84. The summed E-state index contributed by atoms with van der Waals surface area (Å²) in [6, 6.07) is 10.4. The molecule has 126 valence electrons. The van der Waals surface area contributed by atoms with Gasteiger partial charge in [-0.2, -0.15) is 0 Å². The molecule has 0 saturated carbocycles. The summed E-state index contributed by atoms with van der Waals surface area (Å²) < 4.78 is 6.62. The van der Waals surface area contributed by atoms with E-state index in [1.54, 1.807) is 11.3 Å². The van der Waals surface area contributed by atoms with Gasteiger partial charge in [0.25, 0.3) is 0 Å². The summed E-state index contributed by atoms with van der Waals surface area (Å²) >= 11 is 1.73. The average Bonchev–Trinajstić information content (AvgIpc) is 2.99. The fraction of sp³-hybridized carbons (Fsp3) is 0.471. The molecule has 1 unspecified atom stereocenters. The van der Waals surface area contributed by atoms with E-state index in [1.807, 2.05) is 19.1 Å². The van der Waals surface area contributed by atoms with Gasteiger partial charge in [0.1, 0.15) is 0 Å². The first-order chi connectivity index (χ1) is 10.6. The molecule has 2 heterocycles. The first kappa shape index (κ1) is 18.2. The molecule has 6 heteroatoms. The van der Waals surface area contributed by atoms with Gasteiger partial charge in [0.15, 0.2) is 0 Å². The number of thiophene rings is 1. The number of hydrogen-bond acceptors (Lipinski definition) is 4. The second-order valence-corrected chi connectivity index (χ2v) is 7.09. The van der Waals surface area contributed by atoms with Crippen molar-refractivity contribution in [3.8, 4) is 0 Å². The Morgan fingerprint density at radius 3 is 2.74 bits per heavy atom. The van der Waals surface area contributed by atoms with Crippen LogP contribution in [0.1, 0.15) is 30.7 Å². The van der Waals surface area contributed by atoms with Gasteiger partial charge in [-0.25, -0.2) is 0 Å². The molecule has 3 N–H and O–H groups in total. The van der Waals surface area contributed by atoms with Crippen molar-refractivity contribution in [2.75, 3.05) is 19.8 Å². The van der Waals surface area contributed by atoms with Gasteiger partial charge in [-0.3, -0.25) is 4.79 Å². The van der Waals surface area contributed by atoms with Crippen LogP contribution in [0, 0.1) is 5.41 Å². The molecule has 1 atom stereocenters. The number of nitrogens with one attached hydrogen (secondary N) is 1. The predicted molar refractivity (Wildman–Crippen MR) is 97.2 cm³/mol. The van der Waals surface area contributed by atoms with Crippen LogP contribution in [0.4, 0.5) is 0 Å². The maximum absolute atomic E-state index is 12.7. The van der Waals surface area contributed by atoms with E-state index in [0.29, 0.717) is 32.6 Å². The highest BCUT2D eigenvalue weighted by Crippen LogP contribution is 2.33. The van der Waals surface area contributed by atoms with Crippen LogP contribution >= 0.6 is 23.7 Å². The number of hydrogen-bond donors (Lipinski definition) is 2. The summed E-state index contributed by atoms with van der Waals surface area (Å²) in [5.74, 6) is 0.0586. The van der Waals surface area contributed by atoms with Crippen molar-refractivity contribution in [2.24, 2.45) is 11.1 Å². The van der Waals surface area contributed by atoms with E-state index in [2.05, 4.69) is 23.5 Å². The number of carbonyl (C=O) groups excluding carboxylic acids is 1. The highest BCUT2D eigenvalue weighted by atomic mass is 35.5. The lowest BCUT2D eigenvalue weighted by atomic mass is 9.79. The Hall–Kier alpha value is -1.14. The van der Waals surface area contributed by atoms with E-state index in [0.717, 1.165) is 0 Å². The van der Waals surface area contributed by atoms with E-state index < -0.39 is 5.41 Å². The van der Waals surface area contributed by atoms with Crippen LogP contribution in [0.5, 0.6) is 0 Å². The summed E-state index contributed by atoms with van der Waals surface area (Å²) in [4.78, 5) is 13.9. The Kier molecular flexibility index (Phi) is 6.03. The van der Waals surface area contributed by atoms with Crippen LogP contribution in [0.25, 0.3) is 10.1 Å². The summed E-state index contributed by atoms with van der Waals surface area (Å²) in [6.07, 6.45) is 1.41. The Balaban J connectivity index is 0.00000192. The van der Waals surface area contributed by atoms with Gasteiger partial charge < -0.3 is 15.8 Å². The Bertz CT molecular complexity index is 634. The van der Waals surface area contributed by atoms with Gasteiger partial charge >= 0.3 is 0 Å². The second kappa shape index (κ2) is 7.62. The highest BCUT2D eigenvalue weighted by Gasteiger charge is 2.39. The lowest BCUT2D eigenvalue weighted by molar-refractivity contribution is -0.136. The zero-order valence-electron chi connectivity index (χ0n) is 13.2. The van der Waals surface area contributed by atoms with E-state index in [1.165, 1.54) is 15.0 Å². The van der Waals surface area contributed by atoms with Gasteiger partial charge in [0.2, 0.25) is 5.91 Å². The van der Waals surface area contributed by atoms with Crippen molar-refractivity contribution in [3.63, 3.8) is 0 Å². The lowest BCUT2D eigenvalue weighted by Crippen LogP contribution is -2.49. The minimum Gasteiger partial charge on any atom is -0.381 e. The van der Waals surface area contributed by atoms with Crippen LogP contribution < -0.4 is 11.1 Å². The Labute approximate surface area is 146 Å². The standard InChI is InChI=1S/C17H22N2O2S.ClH/c1-12(15-10-13-4-2-3-5-14(13)22-15)19-16(20)17(11-18)6-8-21-9-7-17;/h2-5,10,12H,6-9,11,18H2,1H3,(H,19,20);1H. The number of benzene rings is 1. The van der Waals surface area contributed by atoms with Crippen molar-refractivity contribution in [3.05, 3.63) is 35.2 Å². The molecular weight excluding hydrogens is 332 g/mol. The summed E-state index contributed by atoms with van der Waals surface area (Å²) in [6.45, 7) is 3.64. The zero-order valence-corrected chi connectivity index (χ0v) is 14.8. The summed E-state index contributed by atoms with van der Waals surface area (Å²) in [5.41, 5.74) is 5.43. The van der Waals surface area contributed by atoms with Crippen molar-refractivity contribution in [1.29, 1.82) is 0 Å². The average molecular weight is 355 g/mol. The molecule has 23 heavy (non-hydrogen) atoms. The minimum atomic E-state index is -0.469. The van der Waals surface area contributed by atoms with Crippen LogP contribution in [-0.4, -0.2) is 25.7 Å². The molecule has 0 bridgehead atoms. The maximum atomic E-state index is 12.7. The second-order valence-electron chi connectivity index (χ2n) is 5.98. The number of ether oxygens (including phenoxy) is 1. The van der Waals surface area contributed by atoms with E-state index in [4.69, 9.17) is 10.5 Å².